The highest BCUT2D eigenvalue weighted by Crippen LogP contribution is 2.25. The van der Waals surface area contributed by atoms with Crippen molar-refractivity contribution in [2.24, 2.45) is 0 Å². The first-order valence-corrected chi connectivity index (χ1v) is 11.3. The number of fused-ring (bicyclic) bond motifs is 1. The zero-order chi connectivity index (χ0) is 21.8. The molecule has 1 saturated heterocycles. The Hall–Kier alpha value is -3.02. The van der Waals surface area contributed by atoms with E-state index in [-0.39, 0.29) is 11.6 Å². The van der Waals surface area contributed by atoms with Gasteiger partial charge in [-0.2, -0.15) is 0 Å². The molecule has 0 spiro atoms. The van der Waals surface area contributed by atoms with Crippen molar-refractivity contribution in [3.8, 4) is 0 Å². The van der Waals surface area contributed by atoms with Gasteiger partial charge in [-0.15, -0.1) is 0 Å². The zero-order valence-corrected chi connectivity index (χ0v) is 18.6. The lowest BCUT2D eigenvalue weighted by Crippen LogP contribution is -2.30. The van der Waals surface area contributed by atoms with Gasteiger partial charge in [0.05, 0.1) is 11.0 Å². The molecule has 2 aromatic carbocycles. The maximum atomic E-state index is 12.9. The summed E-state index contributed by atoms with van der Waals surface area (Å²) in [6, 6.07) is 16.2. The lowest BCUT2D eigenvalue weighted by Gasteiger charge is -2.24. The van der Waals surface area contributed by atoms with Crippen molar-refractivity contribution in [3.63, 3.8) is 0 Å². The number of nitrogens with zero attached hydrogens (tertiary/aromatic N) is 4. The van der Waals surface area contributed by atoms with Gasteiger partial charge in [-0.1, -0.05) is 37.3 Å². The molecule has 164 valence electrons. The van der Waals surface area contributed by atoms with Gasteiger partial charge < -0.3 is 9.80 Å². The summed E-state index contributed by atoms with van der Waals surface area (Å²) in [6.07, 6.45) is 3.65. The molecule has 0 aliphatic carbocycles. The van der Waals surface area contributed by atoms with Gasteiger partial charge in [-0.3, -0.25) is 13.9 Å². The van der Waals surface area contributed by atoms with E-state index in [4.69, 9.17) is 0 Å². The summed E-state index contributed by atoms with van der Waals surface area (Å²) in [6.45, 7) is 5.90. The summed E-state index contributed by atoms with van der Waals surface area (Å²) in [5.41, 5.74) is 4.22. The minimum atomic E-state index is -0.0297. The quantitative estimate of drug-likeness (QED) is 0.556. The van der Waals surface area contributed by atoms with E-state index in [1.165, 1.54) is 24.1 Å². The average molecular weight is 421 g/mol. The van der Waals surface area contributed by atoms with Crippen LogP contribution in [0.4, 0.5) is 5.69 Å². The second kappa shape index (κ2) is 9.41. The largest absolute Gasteiger partial charge is 0.371 e. The minimum absolute atomic E-state index is 0.0297. The fourth-order valence-corrected chi connectivity index (χ4v) is 4.58. The molecular formula is C25H32N4O2. The van der Waals surface area contributed by atoms with Crippen LogP contribution in [0.15, 0.2) is 53.3 Å². The molecule has 0 atom stereocenters. The van der Waals surface area contributed by atoms with Gasteiger partial charge >= 0.3 is 5.69 Å². The SMILES string of the molecule is CCCn1c(=O)n(CCC(=O)N(C)Cc2ccccc2N2CCCC2)c2ccccc21. The Morgan fingerprint density at radius 3 is 2.23 bits per heavy atom. The van der Waals surface area contributed by atoms with Gasteiger partial charge in [-0.05, 0) is 43.0 Å². The first-order valence-electron chi connectivity index (χ1n) is 11.3. The van der Waals surface area contributed by atoms with Crippen LogP contribution in [0.2, 0.25) is 0 Å². The summed E-state index contributed by atoms with van der Waals surface area (Å²) in [7, 11) is 1.85. The van der Waals surface area contributed by atoms with E-state index in [1.54, 1.807) is 9.47 Å². The van der Waals surface area contributed by atoms with Crippen LogP contribution in [0.25, 0.3) is 11.0 Å². The van der Waals surface area contributed by atoms with Crippen molar-refractivity contribution in [2.45, 2.75) is 52.2 Å². The maximum absolute atomic E-state index is 12.9. The van der Waals surface area contributed by atoms with Crippen molar-refractivity contribution in [1.82, 2.24) is 14.0 Å². The van der Waals surface area contributed by atoms with Crippen LogP contribution in [0.1, 0.15) is 38.2 Å². The molecule has 0 radical (unpaired) electrons. The Morgan fingerprint density at radius 2 is 1.55 bits per heavy atom. The molecule has 0 saturated carbocycles. The first kappa shape index (κ1) is 21.2. The minimum Gasteiger partial charge on any atom is -0.371 e. The van der Waals surface area contributed by atoms with Gasteiger partial charge in [0.1, 0.15) is 0 Å². The summed E-state index contributed by atoms with van der Waals surface area (Å²) >= 11 is 0. The molecule has 0 bridgehead atoms. The lowest BCUT2D eigenvalue weighted by atomic mass is 10.1. The molecule has 1 aromatic heterocycles. The van der Waals surface area contributed by atoms with Crippen LogP contribution >= 0.6 is 0 Å². The highest BCUT2D eigenvalue weighted by atomic mass is 16.2. The third-order valence-electron chi connectivity index (χ3n) is 6.19. The Labute approximate surface area is 183 Å². The number of anilines is 1. The molecule has 3 aromatic rings. The Balaban J connectivity index is 1.47. The van der Waals surface area contributed by atoms with Crippen molar-refractivity contribution in [1.29, 1.82) is 0 Å². The molecule has 4 rings (SSSR count). The molecule has 1 aliphatic rings. The van der Waals surface area contributed by atoms with E-state index in [0.29, 0.717) is 26.1 Å². The number of hydrogen-bond donors (Lipinski definition) is 0. The fraction of sp³-hybridized carbons (Fsp3) is 0.440. The van der Waals surface area contributed by atoms with Crippen LogP contribution in [0, 0.1) is 0 Å². The molecule has 6 nitrogen and oxygen atoms in total. The smallest absolute Gasteiger partial charge is 0.329 e. The topological polar surface area (TPSA) is 50.5 Å². The van der Waals surface area contributed by atoms with Gasteiger partial charge in [0.25, 0.3) is 0 Å². The number of benzene rings is 2. The van der Waals surface area contributed by atoms with Crippen molar-refractivity contribution in [2.75, 3.05) is 25.0 Å². The summed E-state index contributed by atoms with van der Waals surface area (Å²) in [5.74, 6) is 0.0513. The zero-order valence-electron chi connectivity index (χ0n) is 18.6. The molecule has 1 amide bonds. The lowest BCUT2D eigenvalue weighted by molar-refractivity contribution is -0.130. The van der Waals surface area contributed by atoms with Crippen molar-refractivity contribution < 1.29 is 4.79 Å². The van der Waals surface area contributed by atoms with Crippen LogP contribution in [0.3, 0.4) is 0 Å². The molecule has 6 heteroatoms. The van der Waals surface area contributed by atoms with Gasteiger partial charge in [0.15, 0.2) is 0 Å². The predicted octanol–water partition coefficient (Wildman–Crippen LogP) is 3.86. The number of aromatic nitrogens is 2. The van der Waals surface area contributed by atoms with E-state index >= 15 is 0 Å². The van der Waals surface area contributed by atoms with Crippen LogP contribution in [-0.2, 0) is 24.4 Å². The van der Waals surface area contributed by atoms with Crippen molar-refractivity contribution >= 4 is 22.6 Å². The fourth-order valence-electron chi connectivity index (χ4n) is 4.58. The number of aryl methyl sites for hydroxylation is 2. The summed E-state index contributed by atoms with van der Waals surface area (Å²) < 4.78 is 3.56. The second-order valence-corrected chi connectivity index (χ2v) is 8.40. The number of hydrogen-bond acceptors (Lipinski definition) is 3. The predicted molar refractivity (Wildman–Crippen MR) is 125 cm³/mol. The molecule has 0 N–H and O–H groups in total. The van der Waals surface area contributed by atoms with E-state index in [0.717, 1.165) is 30.5 Å². The number of imidazole rings is 1. The van der Waals surface area contributed by atoms with E-state index in [9.17, 15) is 9.59 Å². The summed E-state index contributed by atoms with van der Waals surface area (Å²) in [5, 5.41) is 0. The van der Waals surface area contributed by atoms with Gasteiger partial charge in [0.2, 0.25) is 5.91 Å². The molecule has 1 fully saturated rings. The normalized spacial score (nSPS) is 13.8. The van der Waals surface area contributed by atoms with Crippen LogP contribution < -0.4 is 10.6 Å². The molecule has 0 unspecified atom stereocenters. The van der Waals surface area contributed by atoms with E-state index < -0.39 is 0 Å². The molecule has 1 aliphatic heterocycles. The van der Waals surface area contributed by atoms with E-state index in [2.05, 4.69) is 30.0 Å². The number of carbonyl (C=O) groups excluding carboxylic acids is 1. The Kier molecular flexibility index (Phi) is 6.44. The van der Waals surface area contributed by atoms with E-state index in [1.807, 2.05) is 41.9 Å². The average Bonchev–Trinajstić information content (AvgIpc) is 3.40. The first-order chi connectivity index (χ1) is 15.1. The van der Waals surface area contributed by atoms with Gasteiger partial charge in [0, 0.05) is 51.9 Å². The number of para-hydroxylation sites is 3. The molecule has 2 heterocycles. The van der Waals surface area contributed by atoms with Crippen LogP contribution in [-0.4, -0.2) is 40.1 Å². The molecular weight excluding hydrogens is 388 g/mol. The second-order valence-electron chi connectivity index (χ2n) is 8.40. The number of amides is 1. The maximum Gasteiger partial charge on any atom is 0.329 e. The number of carbonyl (C=O) groups is 1. The Bertz CT molecular complexity index is 1110. The van der Waals surface area contributed by atoms with Crippen LogP contribution in [0.5, 0.6) is 0 Å². The number of rotatable bonds is 8. The Morgan fingerprint density at radius 1 is 0.935 bits per heavy atom. The highest BCUT2D eigenvalue weighted by molar-refractivity contribution is 5.78. The molecule has 31 heavy (non-hydrogen) atoms. The summed E-state index contributed by atoms with van der Waals surface area (Å²) in [4.78, 5) is 30.1. The van der Waals surface area contributed by atoms with Crippen molar-refractivity contribution in [3.05, 3.63) is 64.6 Å². The third-order valence-corrected chi connectivity index (χ3v) is 6.19. The monoisotopic (exact) mass is 420 g/mol. The third kappa shape index (κ3) is 4.38. The van der Waals surface area contributed by atoms with Gasteiger partial charge in [-0.25, -0.2) is 4.79 Å². The standard InChI is InChI=1S/C25H32N4O2/c1-3-15-28-22-12-6-7-13-23(22)29(25(28)31)18-14-24(30)26(2)19-20-10-4-5-11-21(20)27-16-8-9-17-27/h4-7,10-13H,3,8-9,14-19H2,1-2H3. The highest BCUT2D eigenvalue weighted by Gasteiger charge is 2.19.